The van der Waals surface area contributed by atoms with Gasteiger partial charge in [0.25, 0.3) is 0 Å². The molecule has 0 bridgehead atoms. The van der Waals surface area contributed by atoms with Crippen LogP contribution in [0.4, 0.5) is 0 Å². The number of aryl methyl sites for hydroxylation is 1. The molecule has 0 spiro atoms. The molecule has 0 atom stereocenters. The predicted molar refractivity (Wildman–Crippen MR) is 56.9 cm³/mol. The van der Waals surface area contributed by atoms with Crippen molar-refractivity contribution in [2.75, 3.05) is 7.11 Å². The molecular formula is C11H15ClO. The molecule has 2 heteroatoms. The van der Waals surface area contributed by atoms with E-state index in [1.165, 1.54) is 36.8 Å². The van der Waals surface area contributed by atoms with Crippen LogP contribution in [0, 0.1) is 0 Å². The van der Waals surface area contributed by atoms with Gasteiger partial charge in [-0.1, -0.05) is 12.1 Å². The number of benzene rings is 1. The number of methoxy groups -OCH3 is 1. The predicted octanol–water partition coefficient (Wildman–Crippen LogP) is 3.00. The van der Waals surface area contributed by atoms with E-state index in [1.54, 1.807) is 7.11 Å². The van der Waals surface area contributed by atoms with Gasteiger partial charge in [-0.15, -0.1) is 12.4 Å². The maximum atomic E-state index is 5.31. The van der Waals surface area contributed by atoms with Gasteiger partial charge in [0.15, 0.2) is 0 Å². The van der Waals surface area contributed by atoms with Gasteiger partial charge in [-0.25, -0.2) is 0 Å². The molecule has 0 saturated carbocycles. The van der Waals surface area contributed by atoms with Crippen molar-refractivity contribution in [1.82, 2.24) is 0 Å². The minimum atomic E-state index is 0. The first-order valence-corrected chi connectivity index (χ1v) is 4.56. The molecule has 1 aliphatic carbocycles. The van der Waals surface area contributed by atoms with Crippen LogP contribution in [0.3, 0.4) is 0 Å². The number of hydrogen-bond acceptors (Lipinski definition) is 1. The molecule has 0 amide bonds. The summed E-state index contributed by atoms with van der Waals surface area (Å²) in [5.74, 6) is 1.08. The second-order valence-electron chi connectivity index (χ2n) is 3.31. The lowest BCUT2D eigenvalue weighted by Gasteiger charge is -2.17. The Morgan fingerprint density at radius 2 is 1.92 bits per heavy atom. The van der Waals surface area contributed by atoms with E-state index in [-0.39, 0.29) is 12.4 Å². The van der Waals surface area contributed by atoms with Gasteiger partial charge in [0.1, 0.15) is 5.75 Å². The van der Waals surface area contributed by atoms with Crippen molar-refractivity contribution in [2.45, 2.75) is 25.7 Å². The summed E-state index contributed by atoms with van der Waals surface area (Å²) in [7, 11) is 1.75. The molecule has 1 nitrogen and oxygen atoms in total. The lowest BCUT2D eigenvalue weighted by atomic mass is 9.91. The molecular weight excluding hydrogens is 184 g/mol. The number of rotatable bonds is 1. The van der Waals surface area contributed by atoms with Crippen molar-refractivity contribution in [3.63, 3.8) is 0 Å². The van der Waals surface area contributed by atoms with Crippen LogP contribution in [-0.4, -0.2) is 7.11 Å². The van der Waals surface area contributed by atoms with Crippen LogP contribution < -0.4 is 4.74 Å². The Morgan fingerprint density at radius 1 is 1.15 bits per heavy atom. The average molecular weight is 199 g/mol. The van der Waals surface area contributed by atoms with E-state index in [0.29, 0.717) is 0 Å². The summed E-state index contributed by atoms with van der Waals surface area (Å²) in [6.07, 6.45) is 5.07. The topological polar surface area (TPSA) is 9.23 Å². The second kappa shape index (κ2) is 4.52. The van der Waals surface area contributed by atoms with Crippen molar-refractivity contribution in [3.8, 4) is 5.75 Å². The van der Waals surface area contributed by atoms with Crippen molar-refractivity contribution in [3.05, 3.63) is 29.3 Å². The summed E-state index contributed by atoms with van der Waals surface area (Å²) >= 11 is 0. The maximum Gasteiger partial charge on any atom is 0.122 e. The van der Waals surface area contributed by atoms with E-state index in [4.69, 9.17) is 4.74 Å². The summed E-state index contributed by atoms with van der Waals surface area (Å²) in [6, 6.07) is 6.37. The number of fused-ring (bicyclic) bond motifs is 1. The molecule has 0 heterocycles. The Balaban J connectivity index is 0.000000845. The van der Waals surface area contributed by atoms with Crippen LogP contribution in [0.15, 0.2) is 18.2 Å². The Kier molecular flexibility index (Phi) is 3.61. The van der Waals surface area contributed by atoms with Crippen LogP contribution >= 0.6 is 12.4 Å². The fourth-order valence-electron chi connectivity index (χ4n) is 1.94. The standard InChI is InChI=1S/C11H14O.ClH/c1-12-11-8-4-6-9-5-2-3-7-10(9)11;/h4,6,8H,2-3,5,7H2,1H3;1H. The minimum absolute atomic E-state index is 0. The van der Waals surface area contributed by atoms with Crippen LogP contribution in [0.25, 0.3) is 0 Å². The Hall–Kier alpha value is -0.690. The molecule has 0 aliphatic heterocycles. The van der Waals surface area contributed by atoms with Gasteiger partial charge in [-0.2, -0.15) is 0 Å². The fourth-order valence-corrected chi connectivity index (χ4v) is 1.94. The molecule has 0 aromatic heterocycles. The van der Waals surface area contributed by atoms with E-state index in [0.717, 1.165) is 5.75 Å². The van der Waals surface area contributed by atoms with E-state index in [9.17, 15) is 0 Å². The zero-order valence-electron chi connectivity index (χ0n) is 7.88. The highest BCUT2D eigenvalue weighted by Crippen LogP contribution is 2.28. The normalized spacial score (nSPS) is 14.2. The lowest BCUT2D eigenvalue weighted by Crippen LogP contribution is -2.04. The third-order valence-corrected chi connectivity index (χ3v) is 2.57. The molecule has 13 heavy (non-hydrogen) atoms. The molecule has 1 aliphatic rings. The Labute approximate surface area is 85.5 Å². The minimum Gasteiger partial charge on any atom is -0.496 e. The largest absolute Gasteiger partial charge is 0.496 e. The quantitative estimate of drug-likeness (QED) is 0.674. The van der Waals surface area contributed by atoms with Crippen molar-refractivity contribution >= 4 is 12.4 Å². The number of hydrogen-bond donors (Lipinski definition) is 0. The first kappa shape index (κ1) is 10.4. The van der Waals surface area contributed by atoms with Crippen molar-refractivity contribution in [1.29, 1.82) is 0 Å². The van der Waals surface area contributed by atoms with Gasteiger partial charge in [-0.3, -0.25) is 0 Å². The molecule has 2 rings (SSSR count). The van der Waals surface area contributed by atoms with Crippen LogP contribution in [-0.2, 0) is 12.8 Å². The molecule has 0 N–H and O–H groups in total. The fraction of sp³-hybridized carbons (Fsp3) is 0.455. The molecule has 0 radical (unpaired) electrons. The zero-order chi connectivity index (χ0) is 8.39. The summed E-state index contributed by atoms with van der Waals surface area (Å²) in [5.41, 5.74) is 2.92. The van der Waals surface area contributed by atoms with Gasteiger partial charge in [-0.05, 0) is 42.9 Å². The lowest BCUT2D eigenvalue weighted by molar-refractivity contribution is 0.406. The number of ether oxygens (including phenoxy) is 1. The third-order valence-electron chi connectivity index (χ3n) is 2.57. The van der Waals surface area contributed by atoms with E-state index in [2.05, 4.69) is 18.2 Å². The van der Waals surface area contributed by atoms with Crippen LogP contribution in [0.1, 0.15) is 24.0 Å². The van der Waals surface area contributed by atoms with Crippen LogP contribution in [0.5, 0.6) is 5.75 Å². The first-order chi connectivity index (χ1) is 5.92. The molecule has 1 aromatic carbocycles. The van der Waals surface area contributed by atoms with Gasteiger partial charge < -0.3 is 4.74 Å². The van der Waals surface area contributed by atoms with E-state index in [1.807, 2.05) is 0 Å². The summed E-state index contributed by atoms with van der Waals surface area (Å²) in [5, 5.41) is 0. The highest BCUT2D eigenvalue weighted by molar-refractivity contribution is 5.85. The first-order valence-electron chi connectivity index (χ1n) is 4.56. The van der Waals surface area contributed by atoms with Gasteiger partial charge in [0.2, 0.25) is 0 Å². The molecule has 72 valence electrons. The number of halogens is 1. The van der Waals surface area contributed by atoms with Crippen molar-refractivity contribution < 1.29 is 4.74 Å². The molecule has 1 aromatic rings. The summed E-state index contributed by atoms with van der Waals surface area (Å²) in [4.78, 5) is 0. The SMILES string of the molecule is COc1cccc2c1CCCC2.Cl. The second-order valence-corrected chi connectivity index (χ2v) is 3.31. The molecule has 0 saturated heterocycles. The maximum absolute atomic E-state index is 5.31. The summed E-state index contributed by atoms with van der Waals surface area (Å²) < 4.78 is 5.31. The Morgan fingerprint density at radius 3 is 2.69 bits per heavy atom. The highest BCUT2D eigenvalue weighted by Gasteiger charge is 2.12. The monoisotopic (exact) mass is 198 g/mol. The van der Waals surface area contributed by atoms with Gasteiger partial charge in [0.05, 0.1) is 7.11 Å². The van der Waals surface area contributed by atoms with E-state index < -0.39 is 0 Å². The summed E-state index contributed by atoms with van der Waals surface area (Å²) in [6.45, 7) is 0. The highest BCUT2D eigenvalue weighted by atomic mass is 35.5. The van der Waals surface area contributed by atoms with Gasteiger partial charge >= 0.3 is 0 Å². The average Bonchev–Trinajstić information content (AvgIpc) is 2.17. The van der Waals surface area contributed by atoms with Gasteiger partial charge in [0, 0.05) is 0 Å². The third kappa shape index (κ3) is 1.97. The Bertz CT molecular complexity index is 269. The molecule has 0 fully saturated rings. The molecule has 0 unspecified atom stereocenters. The van der Waals surface area contributed by atoms with Crippen LogP contribution in [0.2, 0.25) is 0 Å². The smallest absolute Gasteiger partial charge is 0.122 e. The zero-order valence-corrected chi connectivity index (χ0v) is 8.69. The van der Waals surface area contributed by atoms with Crippen molar-refractivity contribution in [2.24, 2.45) is 0 Å². The van der Waals surface area contributed by atoms with E-state index >= 15 is 0 Å².